The summed E-state index contributed by atoms with van der Waals surface area (Å²) in [5.74, 6) is 1.34. The Labute approximate surface area is 102 Å². The molecular formula is C13H21N3O. The molecule has 0 amide bonds. The molecule has 1 fully saturated rings. The lowest BCUT2D eigenvalue weighted by atomic mass is 9.87. The van der Waals surface area contributed by atoms with Crippen molar-refractivity contribution in [3.63, 3.8) is 0 Å². The molecule has 0 aliphatic carbocycles. The van der Waals surface area contributed by atoms with Gasteiger partial charge in [0.1, 0.15) is 5.82 Å². The second-order valence-electron chi connectivity index (χ2n) is 4.84. The molecule has 4 heteroatoms. The molecule has 2 heterocycles. The van der Waals surface area contributed by atoms with E-state index in [-0.39, 0.29) is 5.54 Å². The Balaban J connectivity index is 1.95. The summed E-state index contributed by atoms with van der Waals surface area (Å²) in [4.78, 5) is 16.6. The van der Waals surface area contributed by atoms with Crippen LogP contribution in [0.25, 0.3) is 0 Å². The van der Waals surface area contributed by atoms with Gasteiger partial charge in [0.05, 0.1) is 5.54 Å². The maximum Gasteiger partial charge on any atom is 0.153 e. The Hall–Kier alpha value is -1.16. The number of aryl methyl sites for hydroxylation is 2. The van der Waals surface area contributed by atoms with Crippen molar-refractivity contribution in [2.75, 3.05) is 6.54 Å². The molecule has 0 spiro atoms. The number of Topliss-reactive ketones (excluding diaryl/α,β-unsaturated/α-hetero) is 1. The van der Waals surface area contributed by atoms with Crippen LogP contribution in [0.15, 0.2) is 12.4 Å². The van der Waals surface area contributed by atoms with Crippen LogP contribution >= 0.6 is 0 Å². The zero-order chi connectivity index (χ0) is 12.3. The molecule has 1 aliphatic rings. The fraction of sp³-hybridized carbons (Fsp3) is 0.692. The van der Waals surface area contributed by atoms with E-state index in [0.29, 0.717) is 12.2 Å². The highest BCUT2D eigenvalue weighted by atomic mass is 16.1. The number of imidazole rings is 1. The molecule has 1 aromatic rings. The lowest BCUT2D eigenvalue weighted by Crippen LogP contribution is -2.47. The number of nitrogens with zero attached hydrogens (tertiary/aromatic N) is 2. The van der Waals surface area contributed by atoms with Gasteiger partial charge in [-0.05, 0) is 25.8 Å². The van der Waals surface area contributed by atoms with E-state index in [1.165, 1.54) is 0 Å². The molecule has 1 atom stereocenters. The third kappa shape index (κ3) is 2.41. The first kappa shape index (κ1) is 12.3. The van der Waals surface area contributed by atoms with E-state index in [2.05, 4.69) is 17.2 Å². The summed E-state index contributed by atoms with van der Waals surface area (Å²) >= 11 is 0. The van der Waals surface area contributed by atoms with Gasteiger partial charge in [-0.15, -0.1) is 0 Å². The average Bonchev–Trinajstić information content (AvgIpc) is 2.95. The standard InChI is InChI=1S/C13H21N3O/c1-3-13(7-4-8-15-13)11(17)5-6-12-14-9-10-16(12)2/h9-10,15H,3-8H2,1-2H3. The first-order valence-electron chi connectivity index (χ1n) is 6.42. The molecule has 1 N–H and O–H groups in total. The third-order valence-corrected chi connectivity index (χ3v) is 3.88. The van der Waals surface area contributed by atoms with E-state index in [4.69, 9.17) is 0 Å². The molecule has 1 aromatic heterocycles. The number of carbonyl (C=O) groups is 1. The van der Waals surface area contributed by atoms with Crippen LogP contribution in [0.1, 0.15) is 38.4 Å². The summed E-state index contributed by atoms with van der Waals surface area (Å²) in [5.41, 5.74) is -0.245. The van der Waals surface area contributed by atoms with E-state index >= 15 is 0 Å². The number of nitrogens with one attached hydrogen (secondary N) is 1. The highest BCUT2D eigenvalue weighted by Crippen LogP contribution is 2.25. The molecule has 1 saturated heterocycles. The van der Waals surface area contributed by atoms with Crippen molar-refractivity contribution in [1.29, 1.82) is 0 Å². The SMILES string of the molecule is CCC1(C(=O)CCc2nccn2C)CCCN1. The fourth-order valence-electron chi connectivity index (χ4n) is 2.65. The van der Waals surface area contributed by atoms with Gasteiger partial charge in [-0.25, -0.2) is 4.98 Å². The number of carbonyl (C=O) groups excluding carboxylic acids is 1. The molecular weight excluding hydrogens is 214 g/mol. The number of ketones is 1. The van der Waals surface area contributed by atoms with Crippen molar-refractivity contribution in [2.45, 2.75) is 44.6 Å². The van der Waals surface area contributed by atoms with Crippen LogP contribution in [0.5, 0.6) is 0 Å². The first-order chi connectivity index (χ1) is 8.18. The zero-order valence-corrected chi connectivity index (χ0v) is 10.7. The van der Waals surface area contributed by atoms with Crippen molar-refractivity contribution >= 4 is 5.78 Å². The molecule has 1 unspecified atom stereocenters. The Kier molecular flexibility index (Phi) is 3.62. The minimum atomic E-state index is -0.245. The maximum atomic E-state index is 12.3. The number of hydrogen-bond acceptors (Lipinski definition) is 3. The lowest BCUT2D eigenvalue weighted by molar-refractivity contribution is -0.125. The van der Waals surface area contributed by atoms with Gasteiger partial charge < -0.3 is 9.88 Å². The summed E-state index contributed by atoms with van der Waals surface area (Å²) in [6.07, 6.45) is 8.03. The summed E-state index contributed by atoms with van der Waals surface area (Å²) in [5, 5.41) is 3.39. The van der Waals surface area contributed by atoms with Crippen LogP contribution in [0.4, 0.5) is 0 Å². The highest BCUT2D eigenvalue weighted by molar-refractivity contribution is 5.88. The maximum absolute atomic E-state index is 12.3. The molecule has 0 aromatic carbocycles. The van der Waals surface area contributed by atoms with E-state index in [0.717, 1.165) is 38.1 Å². The van der Waals surface area contributed by atoms with Crippen molar-refractivity contribution in [3.8, 4) is 0 Å². The Morgan fingerprint density at radius 2 is 2.47 bits per heavy atom. The van der Waals surface area contributed by atoms with Crippen LogP contribution in [0.3, 0.4) is 0 Å². The van der Waals surface area contributed by atoms with Gasteiger partial charge in [0, 0.05) is 32.3 Å². The quantitative estimate of drug-likeness (QED) is 0.840. The summed E-state index contributed by atoms with van der Waals surface area (Å²) in [6.45, 7) is 3.07. The third-order valence-electron chi connectivity index (χ3n) is 3.88. The highest BCUT2D eigenvalue weighted by Gasteiger charge is 2.38. The largest absolute Gasteiger partial charge is 0.338 e. The topological polar surface area (TPSA) is 46.9 Å². The van der Waals surface area contributed by atoms with Gasteiger partial charge in [0.25, 0.3) is 0 Å². The van der Waals surface area contributed by atoms with Gasteiger partial charge >= 0.3 is 0 Å². The van der Waals surface area contributed by atoms with Crippen molar-refractivity contribution in [2.24, 2.45) is 7.05 Å². The molecule has 2 rings (SSSR count). The Morgan fingerprint density at radius 3 is 3.00 bits per heavy atom. The normalized spacial score (nSPS) is 24.1. The molecule has 4 nitrogen and oxygen atoms in total. The molecule has 94 valence electrons. The van der Waals surface area contributed by atoms with Gasteiger partial charge in [-0.1, -0.05) is 6.92 Å². The predicted molar refractivity (Wildman–Crippen MR) is 66.8 cm³/mol. The van der Waals surface area contributed by atoms with E-state index in [1.807, 2.05) is 17.8 Å². The minimum absolute atomic E-state index is 0.245. The van der Waals surface area contributed by atoms with Gasteiger partial charge in [0.15, 0.2) is 5.78 Å². The number of rotatable bonds is 5. The second-order valence-corrected chi connectivity index (χ2v) is 4.84. The van der Waals surface area contributed by atoms with Crippen LogP contribution < -0.4 is 5.32 Å². The van der Waals surface area contributed by atoms with Gasteiger partial charge in [-0.2, -0.15) is 0 Å². The van der Waals surface area contributed by atoms with E-state index in [9.17, 15) is 4.79 Å². The molecule has 0 radical (unpaired) electrons. The van der Waals surface area contributed by atoms with Crippen LogP contribution in [-0.4, -0.2) is 27.4 Å². The van der Waals surface area contributed by atoms with Crippen LogP contribution in [0.2, 0.25) is 0 Å². The molecule has 17 heavy (non-hydrogen) atoms. The van der Waals surface area contributed by atoms with Gasteiger partial charge in [-0.3, -0.25) is 4.79 Å². The van der Waals surface area contributed by atoms with E-state index < -0.39 is 0 Å². The molecule has 0 saturated carbocycles. The Morgan fingerprint density at radius 1 is 1.65 bits per heavy atom. The Bertz CT molecular complexity index is 391. The van der Waals surface area contributed by atoms with Crippen molar-refractivity contribution in [1.82, 2.24) is 14.9 Å². The summed E-state index contributed by atoms with van der Waals surface area (Å²) in [7, 11) is 1.97. The lowest BCUT2D eigenvalue weighted by Gasteiger charge is -2.26. The first-order valence-corrected chi connectivity index (χ1v) is 6.42. The van der Waals surface area contributed by atoms with Crippen LogP contribution in [0, 0.1) is 0 Å². The average molecular weight is 235 g/mol. The number of aromatic nitrogens is 2. The molecule has 1 aliphatic heterocycles. The van der Waals surface area contributed by atoms with Crippen molar-refractivity contribution in [3.05, 3.63) is 18.2 Å². The number of hydrogen-bond donors (Lipinski definition) is 1. The zero-order valence-electron chi connectivity index (χ0n) is 10.7. The van der Waals surface area contributed by atoms with Gasteiger partial charge in [0.2, 0.25) is 0 Å². The van der Waals surface area contributed by atoms with Crippen molar-refractivity contribution < 1.29 is 4.79 Å². The minimum Gasteiger partial charge on any atom is -0.338 e. The summed E-state index contributed by atoms with van der Waals surface area (Å²) in [6, 6.07) is 0. The second kappa shape index (κ2) is 5.00. The van der Waals surface area contributed by atoms with E-state index in [1.54, 1.807) is 6.20 Å². The monoisotopic (exact) mass is 235 g/mol. The van der Waals surface area contributed by atoms with Crippen LogP contribution in [-0.2, 0) is 18.3 Å². The smallest absolute Gasteiger partial charge is 0.153 e. The summed E-state index contributed by atoms with van der Waals surface area (Å²) < 4.78 is 1.98. The predicted octanol–water partition coefficient (Wildman–Crippen LogP) is 1.45. The molecule has 0 bridgehead atoms. The fourth-order valence-corrected chi connectivity index (χ4v) is 2.65.